The molecule has 0 radical (unpaired) electrons. The Morgan fingerprint density at radius 2 is 1.58 bits per heavy atom. The van der Waals surface area contributed by atoms with Crippen LogP contribution in [0.3, 0.4) is 0 Å². The second kappa shape index (κ2) is 5.00. The summed E-state index contributed by atoms with van der Waals surface area (Å²) in [6, 6.07) is 6.05. The number of benzene rings is 1. The Kier molecular flexibility index (Phi) is 3.71. The first-order valence-corrected chi connectivity index (χ1v) is 6.16. The molecule has 1 aromatic carbocycles. The number of alkyl halides is 3. The number of imide groups is 3. The van der Waals surface area contributed by atoms with Gasteiger partial charge in [0.05, 0.1) is 11.1 Å². The van der Waals surface area contributed by atoms with E-state index in [1.165, 1.54) is 12.1 Å². The van der Waals surface area contributed by atoms with E-state index in [1.54, 1.807) is 12.1 Å². The number of hydrogen-bond acceptors (Lipinski definition) is 4. The van der Waals surface area contributed by atoms with Crippen LogP contribution in [0.5, 0.6) is 0 Å². The van der Waals surface area contributed by atoms with Gasteiger partial charge in [-0.05, 0) is 12.1 Å². The molecule has 0 saturated carbocycles. The van der Waals surface area contributed by atoms with Crippen LogP contribution in [0.2, 0.25) is 0 Å². The van der Waals surface area contributed by atoms with Crippen molar-refractivity contribution in [2.75, 3.05) is 6.61 Å². The molecule has 1 aromatic rings. The largest absolute Gasteiger partial charge is 0.444 e. The topological polar surface area (TPSA) is 63.7 Å². The maximum atomic E-state index is 11.9. The van der Waals surface area contributed by atoms with Gasteiger partial charge in [-0.3, -0.25) is 9.59 Å². The molecule has 0 aliphatic carbocycles. The monoisotopic (exact) mass is 321 g/mol. The molecule has 1 aliphatic rings. The molecule has 3 amide bonds. The molecule has 8 heteroatoms. The van der Waals surface area contributed by atoms with Gasteiger partial charge in [0, 0.05) is 0 Å². The van der Waals surface area contributed by atoms with Crippen molar-refractivity contribution in [3.63, 3.8) is 0 Å². The summed E-state index contributed by atoms with van der Waals surface area (Å²) in [5, 5.41) is 0. The molecule has 0 unspecified atom stereocenters. The number of carbonyl (C=O) groups is 3. The van der Waals surface area contributed by atoms with Crippen molar-refractivity contribution in [1.82, 2.24) is 4.90 Å². The van der Waals surface area contributed by atoms with E-state index in [1.807, 2.05) is 0 Å². The Hall–Kier alpha value is -1.30. The molecule has 0 N–H and O–H groups in total. The number of fused-ring (bicyclic) bond motifs is 1. The van der Waals surface area contributed by atoms with Gasteiger partial charge in [-0.1, -0.05) is 46.9 Å². The number of halogens is 3. The van der Waals surface area contributed by atoms with E-state index in [4.69, 9.17) is 34.8 Å². The van der Waals surface area contributed by atoms with E-state index in [2.05, 4.69) is 4.74 Å². The summed E-state index contributed by atoms with van der Waals surface area (Å²) in [5.74, 6) is -1.51. The quantitative estimate of drug-likeness (QED) is 0.589. The van der Waals surface area contributed by atoms with Crippen molar-refractivity contribution in [2.45, 2.75) is 3.79 Å². The molecule has 0 aromatic heterocycles. The van der Waals surface area contributed by atoms with E-state index in [0.717, 1.165) is 0 Å². The van der Waals surface area contributed by atoms with Crippen LogP contribution in [0.4, 0.5) is 4.79 Å². The highest BCUT2D eigenvalue weighted by Crippen LogP contribution is 2.27. The Balaban J connectivity index is 2.18. The van der Waals surface area contributed by atoms with Crippen molar-refractivity contribution in [3.8, 4) is 0 Å². The fourth-order valence-corrected chi connectivity index (χ4v) is 1.73. The predicted octanol–water partition coefficient (Wildman–Crippen LogP) is 2.79. The lowest BCUT2D eigenvalue weighted by atomic mass is 10.1. The SMILES string of the molecule is O=C(OCC(Cl)(Cl)Cl)N1C(=O)c2ccccc2C1=O. The predicted molar refractivity (Wildman–Crippen MR) is 68.6 cm³/mol. The third-order valence-electron chi connectivity index (χ3n) is 2.34. The molecule has 5 nitrogen and oxygen atoms in total. The first-order valence-electron chi connectivity index (χ1n) is 5.02. The zero-order valence-electron chi connectivity index (χ0n) is 9.23. The number of amides is 3. The second-order valence-electron chi connectivity index (χ2n) is 3.66. The van der Waals surface area contributed by atoms with Crippen molar-refractivity contribution >= 4 is 52.7 Å². The Bertz CT molecular complexity index is 532. The Morgan fingerprint density at radius 3 is 2.00 bits per heavy atom. The number of nitrogens with zero attached hydrogens (tertiary/aromatic N) is 1. The number of hydrogen-bond donors (Lipinski definition) is 0. The number of ether oxygens (including phenoxy) is 1. The van der Waals surface area contributed by atoms with Crippen LogP contribution in [0.1, 0.15) is 20.7 Å². The van der Waals surface area contributed by atoms with E-state index in [-0.39, 0.29) is 11.1 Å². The fourth-order valence-electron chi connectivity index (χ4n) is 1.56. The van der Waals surface area contributed by atoms with Crippen LogP contribution >= 0.6 is 34.8 Å². The summed E-state index contributed by atoms with van der Waals surface area (Å²) >= 11 is 16.2. The maximum Gasteiger partial charge on any atom is 0.424 e. The lowest BCUT2D eigenvalue weighted by molar-refractivity contribution is 0.0590. The van der Waals surface area contributed by atoms with E-state index in [9.17, 15) is 14.4 Å². The van der Waals surface area contributed by atoms with E-state index >= 15 is 0 Å². The van der Waals surface area contributed by atoms with E-state index in [0.29, 0.717) is 4.90 Å². The zero-order chi connectivity index (χ0) is 14.2. The van der Waals surface area contributed by atoms with Gasteiger partial charge in [-0.15, -0.1) is 0 Å². The average molecular weight is 323 g/mol. The third kappa shape index (κ3) is 2.83. The minimum atomic E-state index is -1.81. The van der Waals surface area contributed by atoms with Gasteiger partial charge < -0.3 is 4.74 Å². The molecule has 2 rings (SSSR count). The maximum absolute atomic E-state index is 11.9. The standard InChI is InChI=1S/C11H6Cl3NO4/c12-11(13,14)5-19-10(18)15-8(16)6-3-1-2-4-7(6)9(15)17/h1-4H,5H2. The van der Waals surface area contributed by atoms with Crippen molar-refractivity contribution in [2.24, 2.45) is 0 Å². The van der Waals surface area contributed by atoms with Crippen LogP contribution in [0, 0.1) is 0 Å². The highest BCUT2D eigenvalue weighted by atomic mass is 35.6. The molecule has 0 spiro atoms. The van der Waals surface area contributed by atoms with Gasteiger partial charge in [0.15, 0.2) is 0 Å². The van der Waals surface area contributed by atoms with Crippen molar-refractivity contribution < 1.29 is 19.1 Å². The van der Waals surface area contributed by atoms with Gasteiger partial charge in [0.25, 0.3) is 11.8 Å². The molecule has 0 bridgehead atoms. The molecule has 100 valence electrons. The molecular formula is C11H6Cl3NO4. The fraction of sp³-hybridized carbons (Fsp3) is 0.182. The van der Waals surface area contributed by atoms with Crippen LogP contribution in [-0.4, -0.2) is 33.2 Å². The summed E-state index contributed by atoms with van der Waals surface area (Å²) in [5.41, 5.74) is 0.275. The van der Waals surface area contributed by atoms with Gasteiger partial charge in [0.2, 0.25) is 3.79 Å². The first-order chi connectivity index (χ1) is 8.81. The molecule has 0 fully saturated rings. The first kappa shape index (κ1) is 14.1. The van der Waals surface area contributed by atoms with Crippen LogP contribution in [-0.2, 0) is 4.74 Å². The van der Waals surface area contributed by atoms with Gasteiger partial charge in [0.1, 0.15) is 6.61 Å². The normalized spacial score (nSPS) is 14.6. The smallest absolute Gasteiger partial charge is 0.424 e. The highest BCUT2D eigenvalue weighted by Gasteiger charge is 2.41. The minimum absolute atomic E-state index is 0.137. The molecule has 0 atom stereocenters. The highest BCUT2D eigenvalue weighted by molar-refractivity contribution is 6.67. The lowest BCUT2D eigenvalue weighted by Crippen LogP contribution is -2.37. The van der Waals surface area contributed by atoms with Crippen molar-refractivity contribution in [1.29, 1.82) is 0 Å². The number of carbonyl (C=O) groups excluding carboxylic acids is 3. The minimum Gasteiger partial charge on any atom is -0.444 e. The van der Waals surface area contributed by atoms with Gasteiger partial charge >= 0.3 is 6.09 Å². The molecule has 0 saturated heterocycles. The van der Waals surface area contributed by atoms with Crippen LogP contribution < -0.4 is 0 Å². The van der Waals surface area contributed by atoms with Crippen LogP contribution in [0.25, 0.3) is 0 Å². The molecule has 1 aliphatic heterocycles. The summed E-state index contributed by atoms with van der Waals surface area (Å²) in [6.45, 7) is -0.566. The van der Waals surface area contributed by atoms with Crippen LogP contribution in [0.15, 0.2) is 24.3 Å². The molecule has 1 heterocycles. The zero-order valence-corrected chi connectivity index (χ0v) is 11.5. The van der Waals surface area contributed by atoms with Gasteiger partial charge in [-0.25, -0.2) is 4.79 Å². The Labute approximate surface area is 123 Å². The summed E-state index contributed by atoms with van der Waals surface area (Å²) in [4.78, 5) is 35.8. The average Bonchev–Trinajstić information content (AvgIpc) is 2.59. The summed E-state index contributed by atoms with van der Waals surface area (Å²) in [6.07, 6.45) is -1.17. The molecule has 19 heavy (non-hydrogen) atoms. The molecular weight excluding hydrogens is 316 g/mol. The second-order valence-corrected chi connectivity index (χ2v) is 6.18. The van der Waals surface area contributed by atoms with E-state index < -0.39 is 28.3 Å². The number of rotatable bonds is 1. The lowest BCUT2D eigenvalue weighted by Gasteiger charge is -2.15. The Morgan fingerprint density at radius 1 is 1.11 bits per heavy atom. The van der Waals surface area contributed by atoms with Gasteiger partial charge in [-0.2, -0.15) is 4.90 Å². The summed E-state index contributed by atoms with van der Waals surface area (Å²) in [7, 11) is 0. The third-order valence-corrected chi connectivity index (χ3v) is 2.66. The van der Waals surface area contributed by atoms with Crippen molar-refractivity contribution in [3.05, 3.63) is 35.4 Å². The summed E-state index contributed by atoms with van der Waals surface area (Å²) < 4.78 is 2.80.